The zero-order chi connectivity index (χ0) is 10.8. The van der Waals surface area contributed by atoms with E-state index in [4.69, 9.17) is 4.74 Å². The molecular weight excluding hydrogens is 196 g/mol. The van der Waals surface area contributed by atoms with Gasteiger partial charge in [-0.15, -0.1) is 0 Å². The Morgan fingerprint density at radius 1 is 1.06 bits per heavy atom. The Hall–Kier alpha value is -1.34. The molecule has 2 aromatic rings. The predicted octanol–water partition coefficient (Wildman–Crippen LogP) is 3.56. The van der Waals surface area contributed by atoms with Gasteiger partial charge in [0, 0.05) is 0 Å². The topological polar surface area (TPSA) is 12.5 Å². The molecule has 16 heavy (non-hydrogen) atoms. The molecule has 0 saturated carbocycles. The summed E-state index contributed by atoms with van der Waals surface area (Å²) in [6.07, 6.45) is 4.18. The maximum atomic E-state index is 5.23. The molecule has 1 saturated heterocycles. The Morgan fingerprint density at radius 3 is 2.75 bits per heavy atom. The molecule has 1 nitrogen and oxygen atoms in total. The molecule has 1 unspecified atom stereocenters. The Kier molecular flexibility index (Phi) is 2.63. The van der Waals surface area contributed by atoms with Crippen molar-refractivity contribution in [3.63, 3.8) is 0 Å². The van der Waals surface area contributed by atoms with Crippen molar-refractivity contribution >= 4 is 10.8 Å². The lowest BCUT2D eigenvalue weighted by Crippen LogP contribution is -1.91. The molecule has 0 aromatic heterocycles. The van der Waals surface area contributed by atoms with Gasteiger partial charge in [-0.2, -0.15) is 0 Å². The van der Waals surface area contributed by atoms with Crippen LogP contribution in [0, 0.1) is 0 Å². The fraction of sp³-hybridized carbons (Fsp3) is 0.333. The average molecular weight is 212 g/mol. The summed E-state index contributed by atoms with van der Waals surface area (Å²) >= 11 is 0. The lowest BCUT2D eigenvalue weighted by atomic mass is 10.00. The molecule has 0 spiro atoms. The van der Waals surface area contributed by atoms with Crippen molar-refractivity contribution in [2.75, 3.05) is 6.61 Å². The van der Waals surface area contributed by atoms with E-state index in [1.165, 1.54) is 35.6 Å². The molecule has 2 aromatic carbocycles. The summed E-state index contributed by atoms with van der Waals surface area (Å²) in [5.74, 6) is 0. The van der Waals surface area contributed by atoms with E-state index in [0.717, 1.165) is 6.61 Å². The highest BCUT2D eigenvalue weighted by Crippen LogP contribution is 2.22. The maximum absolute atomic E-state index is 5.23. The molecular formula is C15H16O. The SMILES string of the molecule is c1ccc2c(CCCC3CO3)cccc2c1. The third kappa shape index (κ3) is 2.10. The molecule has 0 amide bonds. The van der Waals surface area contributed by atoms with Gasteiger partial charge < -0.3 is 4.74 Å². The first kappa shape index (κ1) is 9.86. The van der Waals surface area contributed by atoms with Crippen LogP contribution >= 0.6 is 0 Å². The number of ether oxygens (including phenoxy) is 1. The minimum atomic E-state index is 0.565. The Bertz CT molecular complexity index is 480. The van der Waals surface area contributed by atoms with Crippen LogP contribution in [0.3, 0.4) is 0 Å². The van der Waals surface area contributed by atoms with Gasteiger partial charge in [-0.3, -0.25) is 0 Å². The molecule has 1 aliphatic rings. The maximum Gasteiger partial charge on any atom is 0.0810 e. The van der Waals surface area contributed by atoms with Crippen molar-refractivity contribution in [2.45, 2.75) is 25.4 Å². The van der Waals surface area contributed by atoms with Crippen LogP contribution in [0.2, 0.25) is 0 Å². The summed E-state index contributed by atoms with van der Waals surface area (Å²) in [6, 6.07) is 15.2. The summed E-state index contributed by atoms with van der Waals surface area (Å²) in [6.45, 7) is 0.982. The normalized spacial score (nSPS) is 18.9. The highest BCUT2D eigenvalue weighted by Gasteiger charge is 2.21. The minimum Gasteiger partial charge on any atom is -0.373 e. The van der Waals surface area contributed by atoms with Crippen LogP contribution in [-0.4, -0.2) is 12.7 Å². The first-order chi connectivity index (χ1) is 7.93. The van der Waals surface area contributed by atoms with Crippen LogP contribution in [0.4, 0.5) is 0 Å². The fourth-order valence-corrected chi connectivity index (χ4v) is 2.27. The van der Waals surface area contributed by atoms with Crippen LogP contribution in [-0.2, 0) is 11.2 Å². The fourth-order valence-electron chi connectivity index (χ4n) is 2.27. The van der Waals surface area contributed by atoms with Gasteiger partial charge in [0.15, 0.2) is 0 Å². The molecule has 1 atom stereocenters. The van der Waals surface area contributed by atoms with Crippen molar-refractivity contribution in [1.82, 2.24) is 0 Å². The van der Waals surface area contributed by atoms with E-state index in [1.54, 1.807) is 0 Å². The second-order valence-electron chi connectivity index (χ2n) is 4.49. The zero-order valence-corrected chi connectivity index (χ0v) is 9.36. The molecule has 1 aliphatic heterocycles. The molecule has 3 rings (SSSR count). The largest absolute Gasteiger partial charge is 0.373 e. The van der Waals surface area contributed by atoms with Gasteiger partial charge in [-0.05, 0) is 35.6 Å². The van der Waals surface area contributed by atoms with Crippen molar-refractivity contribution in [1.29, 1.82) is 0 Å². The summed E-state index contributed by atoms with van der Waals surface area (Å²) in [5.41, 5.74) is 1.47. The second-order valence-corrected chi connectivity index (χ2v) is 4.49. The second kappa shape index (κ2) is 4.26. The van der Waals surface area contributed by atoms with E-state index in [0.29, 0.717) is 6.10 Å². The Morgan fingerprint density at radius 2 is 1.88 bits per heavy atom. The molecule has 0 N–H and O–H groups in total. The quantitative estimate of drug-likeness (QED) is 0.706. The number of fused-ring (bicyclic) bond motifs is 1. The van der Waals surface area contributed by atoms with Crippen molar-refractivity contribution in [2.24, 2.45) is 0 Å². The molecule has 1 fully saturated rings. The van der Waals surface area contributed by atoms with E-state index in [1.807, 2.05) is 0 Å². The lowest BCUT2D eigenvalue weighted by Gasteiger charge is -2.05. The highest BCUT2D eigenvalue weighted by atomic mass is 16.6. The van der Waals surface area contributed by atoms with Crippen molar-refractivity contribution in [3.8, 4) is 0 Å². The minimum absolute atomic E-state index is 0.565. The van der Waals surface area contributed by atoms with E-state index < -0.39 is 0 Å². The molecule has 0 radical (unpaired) electrons. The molecule has 82 valence electrons. The average Bonchev–Trinajstić information content (AvgIpc) is 3.13. The number of hydrogen-bond acceptors (Lipinski definition) is 1. The van der Waals surface area contributed by atoms with Gasteiger partial charge in [0.05, 0.1) is 12.7 Å². The Labute approximate surface area is 96.0 Å². The van der Waals surface area contributed by atoms with Crippen LogP contribution in [0.1, 0.15) is 18.4 Å². The number of epoxide rings is 1. The number of benzene rings is 2. The number of aryl methyl sites for hydroxylation is 1. The molecule has 0 bridgehead atoms. The highest BCUT2D eigenvalue weighted by molar-refractivity contribution is 5.85. The summed E-state index contributed by atoms with van der Waals surface area (Å²) < 4.78 is 5.23. The van der Waals surface area contributed by atoms with Crippen LogP contribution in [0.5, 0.6) is 0 Å². The van der Waals surface area contributed by atoms with Gasteiger partial charge in [-0.1, -0.05) is 42.5 Å². The Balaban J connectivity index is 1.79. The van der Waals surface area contributed by atoms with E-state index in [-0.39, 0.29) is 0 Å². The third-order valence-corrected chi connectivity index (χ3v) is 3.25. The number of hydrogen-bond donors (Lipinski definition) is 0. The van der Waals surface area contributed by atoms with E-state index >= 15 is 0 Å². The van der Waals surface area contributed by atoms with Crippen LogP contribution in [0.25, 0.3) is 10.8 Å². The molecule has 1 heterocycles. The first-order valence-corrected chi connectivity index (χ1v) is 6.02. The van der Waals surface area contributed by atoms with E-state index in [2.05, 4.69) is 42.5 Å². The predicted molar refractivity (Wildman–Crippen MR) is 66.6 cm³/mol. The van der Waals surface area contributed by atoms with Crippen LogP contribution in [0.15, 0.2) is 42.5 Å². The van der Waals surface area contributed by atoms with Crippen molar-refractivity contribution in [3.05, 3.63) is 48.0 Å². The summed E-state index contributed by atoms with van der Waals surface area (Å²) in [7, 11) is 0. The number of rotatable bonds is 4. The van der Waals surface area contributed by atoms with Gasteiger partial charge in [0.2, 0.25) is 0 Å². The third-order valence-electron chi connectivity index (χ3n) is 3.25. The summed E-state index contributed by atoms with van der Waals surface area (Å²) in [4.78, 5) is 0. The summed E-state index contributed by atoms with van der Waals surface area (Å²) in [5, 5.41) is 2.75. The van der Waals surface area contributed by atoms with Crippen molar-refractivity contribution < 1.29 is 4.74 Å². The van der Waals surface area contributed by atoms with Gasteiger partial charge in [-0.25, -0.2) is 0 Å². The van der Waals surface area contributed by atoms with Gasteiger partial charge in [0.1, 0.15) is 0 Å². The zero-order valence-electron chi connectivity index (χ0n) is 9.36. The van der Waals surface area contributed by atoms with E-state index in [9.17, 15) is 0 Å². The standard InChI is InChI=1S/C15H16O/c1-2-10-15-12(5-1)6-3-7-13(15)8-4-9-14-11-16-14/h1-3,5-7,10,14H,4,8-9,11H2. The smallest absolute Gasteiger partial charge is 0.0810 e. The first-order valence-electron chi connectivity index (χ1n) is 6.02. The van der Waals surface area contributed by atoms with Gasteiger partial charge in [0.25, 0.3) is 0 Å². The molecule has 1 heteroatoms. The monoisotopic (exact) mass is 212 g/mol. The molecule has 0 aliphatic carbocycles. The van der Waals surface area contributed by atoms with Crippen LogP contribution < -0.4 is 0 Å². The van der Waals surface area contributed by atoms with Gasteiger partial charge >= 0.3 is 0 Å². The lowest BCUT2D eigenvalue weighted by molar-refractivity contribution is 0.392.